The Morgan fingerprint density at radius 1 is 1.11 bits per heavy atom. The molecule has 0 spiro atoms. The molecule has 0 bridgehead atoms. The average Bonchev–Trinajstić information content (AvgIpc) is 3.02. The lowest BCUT2D eigenvalue weighted by molar-refractivity contribution is 0.467. The van der Waals surface area contributed by atoms with Crippen LogP contribution in [0.25, 0.3) is 10.6 Å². The third-order valence-electron chi connectivity index (χ3n) is 4.14. The van der Waals surface area contributed by atoms with E-state index in [1.54, 1.807) is 17.6 Å². The fraction of sp³-hybridized carbons (Fsp3) is 0.190. The normalized spacial score (nSPS) is 12.1. The number of aryl methyl sites for hydroxylation is 3. The SMILES string of the molecule is C/C(=N/N=C\c1cc(C)c(O)c(C)c1)c1sc(-c2ccc(Cl)cc2)nc1C. The van der Waals surface area contributed by atoms with Crippen LogP contribution in [0.4, 0.5) is 0 Å². The maximum Gasteiger partial charge on any atom is 0.124 e. The molecule has 27 heavy (non-hydrogen) atoms. The number of phenolic OH excluding ortho intramolecular Hbond substituents is 1. The summed E-state index contributed by atoms with van der Waals surface area (Å²) in [7, 11) is 0. The minimum Gasteiger partial charge on any atom is -0.507 e. The van der Waals surface area contributed by atoms with Gasteiger partial charge in [0.25, 0.3) is 0 Å². The second kappa shape index (κ2) is 8.03. The Kier molecular flexibility index (Phi) is 5.73. The summed E-state index contributed by atoms with van der Waals surface area (Å²) in [4.78, 5) is 5.66. The summed E-state index contributed by atoms with van der Waals surface area (Å²) in [5.41, 5.74) is 5.32. The fourth-order valence-electron chi connectivity index (χ4n) is 2.74. The van der Waals surface area contributed by atoms with Gasteiger partial charge in [-0.3, -0.25) is 0 Å². The standard InChI is InChI=1S/C21H20ClN3OS/c1-12-9-16(10-13(2)19(12)26)11-23-25-15(4)20-14(3)24-21(27-20)17-5-7-18(22)8-6-17/h5-11,26H,1-4H3/b23-11-,25-15-. The highest BCUT2D eigenvalue weighted by atomic mass is 35.5. The predicted octanol–water partition coefficient (Wildman–Crippen LogP) is 5.94. The Labute approximate surface area is 167 Å². The smallest absolute Gasteiger partial charge is 0.124 e. The molecule has 0 radical (unpaired) electrons. The van der Waals surface area contributed by atoms with Crippen molar-refractivity contribution in [1.29, 1.82) is 0 Å². The van der Waals surface area contributed by atoms with Gasteiger partial charge < -0.3 is 5.11 Å². The quantitative estimate of drug-likeness (QED) is 0.437. The Morgan fingerprint density at radius 3 is 2.37 bits per heavy atom. The number of benzene rings is 2. The average molecular weight is 398 g/mol. The van der Waals surface area contributed by atoms with E-state index >= 15 is 0 Å². The Morgan fingerprint density at radius 2 is 1.74 bits per heavy atom. The lowest BCUT2D eigenvalue weighted by Gasteiger charge is -2.03. The highest BCUT2D eigenvalue weighted by Crippen LogP contribution is 2.29. The van der Waals surface area contributed by atoms with Crippen molar-refractivity contribution in [2.24, 2.45) is 10.2 Å². The van der Waals surface area contributed by atoms with E-state index < -0.39 is 0 Å². The van der Waals surface area contributed by atoms with Gasteiger partial charge in [-0.25, -0.2) is 4.98 Å². The van der Waals surface area contributed by atoms with Gasteiger partial charge in [-0.15, -0.1) is 11.3 Å². The molecule has 2 aromatic carbocycles. The van der Waals surface area contributed by atoms with Crippen LogP contribution >= 0.6 is 22.9 Å². The highest BCUT2D eigenvalue weighted by Gasteiger charge is 2.12. The van der Waals surface area contributed by atoms with Crippen LogP contribution < -0.4 is 0 Å². The van der Waals surface area contributed by atoms with Crippen molar-refractivity contribution in [3.8, 4) is 16.3 Å². The summed E-state index contributed by atoms with van der Waals surface area (Å²) in [6.45, 7) is 7.64. The third-order valence-corrected chi connectivity index (χ3v) is 5.71. The zero-order valence-corrected chi connectivity index (χ0v) is 17.2. The second-order valence-electron chi connectivity index (χ2n) is 6.37. The number of phenols is 1. The van der Waals surface area contributed by atoms with Crippen LogP contribution in [-0.4, -0.2) is 22.0 Å². The van der Waals surface area contributed by atoms with Crippen molar-refractivity contribution >= 4 is 34.9 Å². The summed E-state index contributed by atoms with van der Waals surface area (Å²) in [5, 5.41) is 20.0. The monoisotopic (exact) mass is 397 g/mol. The van der Waals surface area contributed by atoms with Crippen molar-refractivity contribution in [3.63, 3.8) is 0 Å². The molecular formula is C21H20ClN3OS. The molecule has 0 unspecified atom stereocenters. The number of hydrogen-bond donors (Lipinski definition) is 1. The Balaban J connectivity index is 1.83. The number of aromatic hydroxyl groups is 1. The summed E-state index contributed by atoms with van der Waals surface area (Å²) < 4.78 is 0. The minimum atomic E-state index is 0.321. The molecule has 0 aliphatic carbocycles. The van der Waals surface area contributed by atoms with E-state index in [9.17, 15) is 5.11 Å². The van der Waals surface area contributed by atoms with E-state index in [-0.39, 0.29) is 0 Å². The van der Waals surface area contributed by atoms with Gasteiger partial charge in [-0.2, -0.15) is 10.2 Å². The molecule has 0 aliphatic rings. The summed E-state index contributed by atoms with van der Waals surface area (Å²) in [5.74, 6) is 0.321. The number of nitrogens with zero attached hydrogens (tertiary/aromatic N) is 3. The molecule has 0 aliphatic heterocycles. The molecule has 0 amide bonds. The molecule has 0 fully saturated rings. The molecule has 1 aromatic heterocycles. The van der Waals surface area contributed by atoms with Gasteiger partial charge in [-0.1, -0.05) is 23.7 Å². The van der Waals surface area contributed by atoms with E-state index in [2.05, 4.69) is 15.2 Å². The zero-order valence-electron chi connectivity index (χ0n) is 15.6. The fourth-order valence-corrected chi connectivity index (χ4v) is 3.88. The van der Waals surface area contributed by atoms with E-state index in [1.165, 1.54) is 0 Å². The molecule has 138 valence electrons. The molecule has 3 rings (SSSR count). The first-order valence-corrected chi connectivity index (χ1v) is 9.66. The summed E-state index contributed by atoms with van der Waals surface area (Å²) in [6.07, 6.45) is 1.69. The topological polar surface area (TPSA) is 57.8 Å². The first kappa shape index (κ1) is 19.3. The molecule has 6 heteroatoms. The second-order valence-corrected chi connectivity index (χ2v) is 7.81. The maximum atomic E-state index is 9.85. The number of halogens is 1. The largest absolute Gasteiger partial charge is 0.507 e. The first-order chi connectivity index (χ1) is 12.8. The number of thiazole rings is 1. The van der Waals surface area contributed by atoms with Crippen LogP contribution in [0.5, 0.6) is 5.75 Å². The van der Waals surface area contributed by atoms with Crippen molar-refractivity contribution in [2.45, 2.75) is 27.7 Å². The van der Waals surface area contributed by atoms with Crippen molar-refractivity contribution < 1.29 is 5.11 Å². The van der Waals surface area contributed by atoms with Crippen LogP contribution in [0.1, 0.15) is 34.2 Å². The van der Waals surface area contributed by atoms with Gasteiger partial charge in [0, 0.05) is 10.6 Å². The lowest BCUT2D eigenvalue weighted by Crippen LogP contribution is -1.93. The summed E-state index contributed by atoms with van der Waals surface area (Å²) in [6, 6.07) is 11.4. The molecular weight excluding hydrogens is 378 g/mol. The van der Waals surface area contributed by atoms with Gasteiger partial charge in [-0.05, 0) is 68.7 Å². The molecule has 0 saturated carbocycles. The van der Waals surface area contributed by atoms with E-state index in [0.717, 1.165) is 43.5 Å². The van der Waals surface area contributed by atoms with Gasteiger partial charge in [0.1, 0.15) is 10.8 Å². The lowest BCUT2D eigenvalue weighted by atomic mass is 10.1. The van der Waals surface area contributed by atoms with Gasteiger partial charge >= 0.3 is 0 Å². The third kappa shape index (κ3) is 4.43. The van der Waals surface area contributed by atoms with Crippen molar-refractivity contribution in [2.75, 3.05) is 0 Å². The van der Waals surface area contributed by atoms with E-state index in [4.69, 9.17) is 11.6 Å². The Bertz CT molecular complexity index is 1010. The number of hydrogen-bond acceptors (Lipinski definition) is 5. The molecule has 3 aromatic rings. The number of rotatable bonds is 4. The molecule has 1 heterocycles. The van der Waals surface area contributed by atoms with E-state index in [1.807, 2.05) is 64.1 Å². The predicted molar refractivity (Wildman–Crippen MR) is 115 cm³/mol. The van der Waals surface area contributed by atoms with Crippen LogP contribution in [0.2, 0.25) is 5.02 Å². The zero-order chi connectivity index (χ0) is 19.6. The molecule has 0 saturated heterocycles. The van der Waals surface area contributed by atoms with Gasteiger partial charge in [0.2, 0.25) is 0 Å². The minimum absolute atomic E-state index is 0.321. The van der Waals surface area contributed by atoms with Gasteiger partial charge in [0.05, 0.1) is 22.5 Å². The molecule has 0 atom stereocenters. The van der Waals surface area contributed by atoms with Crippen LogP contribution in [0.3, 0.4) is 0 Å². The highest BCUT2D eigenvalue weighted by molar-refractivity contribution is 7.17. The van der Waals surface area contributed by atoms with Crippen LogP contribution in [0.15, 0.2) is 46.6 Å². The van der Waals surface area contributed by atoms with Crippen molar-refractivity contribution in [3.05, 3.63) is 68.7 Å². The maximum absolute atomic E-state index is 9.85. The van der Waals surface area contributed by atoms with Crippen molar-refractivity contribution in [1.82, 2.24) is 4.98 Å². The van der Waals surface area contributed by atoms with Crippen LogP contribution in [-0.2, 0) is 0 Å². The molecule has 4 nitrogen and oxygen atoms in total. The van der Waals surface area contributed by atoms with Gasteiger partial charge in [0.15, 0.2) is 0 Å². The number of aromatic nitrogens is 1. The molecule has 1 N–H and O–H groups in total. The summed E-state index contributed by atoms with van der Waals surface area (Å²) >= 11 is 7.54. The Hall–Kier alpha value is -2.50. The van der Waals surface area contributed by atoms with Crippen LogP contribution in [0, 0.1) is 20.8 Å². The van der Waals surface area contributed by atoms with E-state index in [0.29, 0.717) is 10.8 Å². The first-order valence-electron chi connectivity index (χ1n) is 8.46.